The molecular weight excluding hydrogens is 288 g/mol. The van der Waals surface area contributed by atoms with E-state index in [2.05, 4.69) is 18.2 Å². The number of fused-ring (bicyclic) bond motifs is 1. The fourth-order valence-corrected chi connectivity index (χ4v) is 3.32. The molecule has 122 valence electrons. The SMILES string of the molecule is CCOC(=O)c1c(CC)oc2ccc(C=C3CCCCC3)cc12. The lowest BCUT2D eigenvalue weighted by atomic mass is 9.93. The van der Waals surface area contributed by atoms with Gasteiger partial charge in [0.15, 0.2) is 0 Å². The van der Waals surface area contributed by atoms with Crippen LogP contribution in [0.2, 0.25) is 0 Å². The van der Waals surface area contributed by atoms with Gasteiger partial charge in [-0.3, -0.25) is 0 Å². The number of carbonyl (C=O) groups excluding carboxylic acids is 1. The highest BCUT2D eigenvalue weighted by Crippen LogP contribution is 2.30. The second kappa shape index (κ2) is 7.03. The van der Waals surface area contributed by atoms with Gasteiger partial charge in [-0.05, 0) is 50.3 Å². The Hall–Kier alpha value is -2.03. The van der Waals surface area contributed by atoms with Crippen LogP contribution in [0.4, 0.5) is 0 Å². The van der Waals surface area contributed by atoms with Crippen molar-refractivity contribution in [1.29, 1.82) is 0 Å². The van der Waals surface area contributed by atoms with Crippen LogP contribution in [0.15, 0.2) is 28.2 Å². The number of hydrogen-bond donors (Lipinski definition) is 0. The molecule has 2 aromatic rings. The number of carbonyl (C=O) groups is 1. The lowest BCUT2D eigenvalue weighted by Gasteiger charge is -2.13. The lowest BCUT2D eigenvalue weighted by Crippen LogP contribution is -2.06. The molecule has 0 unspecified atom stereocenters. The number of furan rings is 1. The van der Waals surface area contributed by atoms with E-state index in [1.165, 1.54) is 37.7 Å². The summed E-state index contributed by atoms with van der Waals surface area (Å²) in [7, 11) is 0. The molecule has 1 heterocycles. The topological polar surface area (TPSA) is 39.4 Å². The highest BCUT2D eigenvalue weighted by molar-refractivity contribution is 6.05. The third-order valence-electron chi connectivity index (χ3n) is 4.45. The highest BCUT2D eigenvalue weighted by Gasteiger charge is 2.21. The lowest BCUT2D eigenvalue weighted by molar-refractivity contribution is 0.0526. The fraction of sp³-hybridized carbons (Fsp3) is 0.450. The second-order valence-corrected chi connectivity index (χ2v) is 6.09. The van der Waals surface area contributed by atoms with Crippen molar-refractivity contribution in [3.05, 3.63) is 40.7 Å². The van der Waals surface area contributed by atoms with Crippen molar-refractivity contribution < 1.29 is 13.9 Å². The van der Waals surface area contributed by atoms with E-state index in [-0.39, 0.29) is 5.97 Å². The molecule has 1 aliphatic rings. The summed E-state index contributed by atoms with van der Waals surface area (Å²) in [4.78, 5) is 12.3. The molecule has 3 rings (SSSR count). The predicted molar refractivity (Wildman–Crippen MR) is 92.6 cm³/mol. The van der Waals surface area contributed by atoms with Gasteiger partial charge in [0.2, 0.25) is 0 Å². The Balaban J connectivity index is 2.03. The number of rotatable bonds is 4. The summed E-state index contributed by atoms with van der Waals surface area (Å²) in [5.74, 6) is 0.423. The first-order valence-corrected chi connectivity index (χ1v) is 8.65. The number of hydrogen-bond acceptors (Lipinski definition) is 3. The monoisotopic (exact) mass is 312 g/mol. The van der Waals surface area contributed by atoms with Crippen LogP contribution in [-0.4, -0.2) is 12.6 Å². The molecule has 0 radical (unpaired) electrons. The van der Waals surface area contributed by atoms with E-state index in [4.69, 9.17) is 9.15 Å². The Morgan fingerprint density at radius 1 is 1.22 bits per heavy atom. The Morgan fingerprint density at radius 2 is 2.00 bits per heavy atom. The van der Waals surface area contributed by atoms with Crippen molar-refractivity contribution >= 4 is 23.0 Å². The molecule has 1 aromatic heterocycles. The molecule has 1 aromatic carbocycles. The summed E-state index contributed by atoms with van der Waals surface area (Å²) >= 11 is 0. The van der Waals surface area contributed by atoms with Crippen LogP contribution in [0.1, 0.15) is 67.6 Å². The van der Waals surface area contributed by atoms with Crippen molar-refractivity contribution in [2.75, 3.05) is 6.61 Å². The van der Waals surface area contributed by atoms with Crippen LogP contribution >= 0.6 is 0 Å². The zero-order chi connectivity index (χ0) is 16.2. The number of allylic oxidation sites excluding steroid dienone is 1. The molecule has 1 fully saturated rings. The smallest absolute Gasteiger partial charge is 0.342 e. The van der Waals surface area contributed by atoms with Gasteiger partial charge in [-0.25, -0.2) is 4.79 Å². The van der Waals surface area contributed by atoms with Gasteiger partial charge in [-0.15, -0.1) is 0 Å². The predicted octanol–water partition coefficient (Wildman–Crippen LogP) is 5.52. The number of aryl methyl sites for hydroxylation is 1. The highest BCUT2D eigenvalue weighted by atomic mass is 16.5. The summed E-state index contributed by atoms with van der Waals surface area (Å²) in [6, 6.07) is 6.10. The molecular formula is C20H24O3. The summed E-state index contributed by atoms with van der Waals surface area (Å²) in [5.41, 5.74) is 4.00. The molecule has 0 spiro atoms. The molecule has 3 heteroatoms. The van der Waals surface area contributed by atoms with Gasteiger partial charge in [0, 0.05) is 11.8 Å². The molecule has 1 aliphatic carbocycles. The first-order chi connectivity index (χ1) is 11.2. The molecule has 0 saturated heterocycles. The summed E-state index contributed by atoms with van der Waals surface area (Å²) in [6.07, 6.45) is 9.24. The van der Waals surface area contributed by atoms with E-state index in [0.29, 0.717) is 24.4 Å². The van der Waals surface area contributed by atoms with Crippen LogP contribution in [0.3, 0.4) is 0 Å². The van der Waals surface area contributed by atoms with Crippen molar-refractivity contribution in [2.45, 2.75) is 52.4 Å². The van der Waals surface area contributed by atoms with Gasteiger partial charge < -0.3 is 9.15 Å². The maximum atomic E-state index is 12.3. The van der Waals surface area contributed by atoms with Crippen LogP contribution in [0.5, 0.6) is 0 Å². The molecule has 23 heavy (non-hydrogen) atoms. The normalized spacial score (nSPS) is 15.0. The van der Waals surface area contributed by atoms with E-state index >= 15 is 0 Å². The number of ether oxygens (including phenoxy) is 1. The molecule has 0 N–H and O–H groups in total. The quantitative estimate of drug-likeness (QED) is 0.698. The van der Waals surface area contributed by atoms with Gasteiger partial charge in [-0.2, -0.15) is 0 Å². The van der Waals surface area contributed by atoms with Crippen LogP contribution in [-0.2, 0) is 11.2 Å². The Bertz CT molecular complexity index is 729. The van der Waals surface area contributed by atoms with Gasteiger partial charge >= 0.3 is 5.97 Å². The van der Waals surface area contributed by atoms with Crippen LogP contribution in [0, 0.1) is 0 Å². The average molecular weight is 312 g/mol. The molecule has 0 aliphatic heterocycles. The number of esters is 1. The Kier molecular flexibility index (Phi) is 4.85. The minimum atomic E-state index is -0.287. The van der Waals surface area contributed by atoms with Crippen molar-refractivity contribution in [2.24, 2.45) is 0 Å². The van der Waals surface area contributed by atoms with Crippen LogP contribution in [0.25, 0.3) is 17.0 Å². The van der Waals surface area contributed by atoms with E-state index < -0.39 is 0 Å². The van der Waals surface area contributed by atoms with Crippen molar-refractivity contribution in [3.63, 3.8) is 0 Å². The first-order valence-electron chi connectivity index (χ1n) is 8.65. The van der Waals surface area contributed by atoms with Crippen LogP contribution < -0.4 is 0 Å². The summed E-state index contributed by atoms with van der Waals surface area (Å²) < 4.78 is 11.1. The Labute approximate surface area is 137 Å². The van der Waals surface area contributed by atoms with Gasteiger partial charge in [0.1, 0.15) is 16.9 Å². The Morgan fingerprint density at radius 3 is 2.70 bits per heavy atom. The fourth-order valence-electron chi connectivity index (χ4n) is 3.32. The largest absolute Gasteiger partial charge is 0.462 e. The van der Waals surface area contributed by atoms with Gasteiger partial charge in [0.25, 0.3) is 0 Å². The maximum absolute atomic E-state index is 12.3. The summed E-state index contributed by atoms with van der Waals surface area (Å²) in [6.45, 7) is 4.19. The zero-order valence-electron chi connectivity index (χ0n) is 14.0. The molecule has 0 bridgehead atoms. The van der Waals surface area contributed by atoms with E-state index in [1.54, 1.807) is 0 Å². The minimum absolute atomic E-state index is 0.287. The molecule has 3 nitrogen and oxygen atoms in total. The van der Waals surface area contributed by atoms with Crippen molar-refractivity contribution in [1.82, 2.24) is 0 Å². The zero-order valence-corrected chi connectivity index (χ0v) is 14.0. The average Bonchev–Trinajstić information content (AvgIpc) is 2.94. The summed E-state index contributed by atoms with van der Waals surface area (Å²) in [5, 5.41) is 0.866. The molecule has 1 saturated carbocycles. The van der Waals surface area contributed by atoms with Gasteiger partial charge in [0.05, 0.1) is 6.61 Å². The maximum Gasteiger partial charge on any atom is 0.342 e. The minimum Gasteiger partial charge on any atom is -0.462 e. The van der Waals surface area contributed by atoms with E-state index in [9.17, 15) is 4.79 Å². The third kappa shape index (κ3) is 3.34. The van der Waals surface area contributed by atoms with E-state index in [0.717, 1.165) is 16.5 Å². The third-order valence-corrected chi connectivity index (χ3v) is 4.45. The van der Waals surface area contributed by atoms with Gasteiger partial charge in [-0.1, -0.05) is 31.1 Å². The molecule has 0 atom stereocenters. The first kappa shape index (κ1) is 15.9. The molecule has 0 amide bonds. The van der Waals surface area contributed by atoms with Crippen molar-refractivity contribution in [3.8, 4) is 0 Å². The second-order valence-electron chi connectivity index (χ2n) is 6.09. The number of benzene rings is 1. The standard InChI is InChI=1S/C20H24O3/c1-3-17-19(20(21)22-4-2)16-13-15(10-11-18(16)23-17)12-14-8-6-5-7-9-14/h10-13H,3-9H2,1-2H3. The van der Waals surface area contributed by atoms with E-state index in [1.807, 2.05) is 19.9 Å².